The largest absolute Gasteiger partial charge is 0.496 e. The zero-order valence-corrected chi connectivity index (χ0v) is 15.6. The van der Waals surface area contributed by atoms with Gasteiger partial charge in [0.25, 0.3) is 5.91 Å². The maximum atomic E-state index is 12.5. The van der Waals surface area contributed by atoms with Gasteiger partial charge in [0.05, 0.1) is 19.2 Å². The fraction of sp³-hybridized carbons (Fsp3) is 0.300. The van der Waals surface area contributed by atoms with Crippen LogP contribution in [0.25, 0.3) is 0 Å². The van der Waals surface area contributed by atoms with Gasteiger partial charge in [-0.15, -0.1) is 0 Å². The number of amides is 2. The van der Waals surface area contributed by atoms with E-state index in [9.17, 15) is 9.59 Å². The van der Waals surface area contributed by atoms with E-state index >= 15 is 0 Å². The minimum Gasteiger partial charge on any atom is -0.496 e. The zero-order valence-electron chi connectivity index (χ0n) is 15.6. The Bertz CT molecular complexity index is 788. The molecule has 0 unspecified atom stereocenters. The molecule has 0 heterocycles. The number of nitrogens with one attached hydrogen (secondary N) is 2. The van der Waals surface area contributed by atoms with Gasteiger partial charge in [0.1, 0.15) is 5.75 Å². The number of likely N-dealkylation sites (N-methyl/N-ethyl adjacent to an activating group) is 1. The quantitative estimate of drug-likeness (QED) is 0.800. The van der Waals surface area contributed by atoms with Crippen molar-refractivity contribution in [1.29, 1.82) is 0 Å². The van der Waals surface area contributed by atoms with E-state index in [2.05, 4.69) is 10.6 Å². The summed E-state index contributed by atoms with van der Waals surface area (Å²) in [6.07, 6.45) is 0. The molecule has 2 aromatic carbocycles. The molecule has 2 aromatic rings. The molecule has 0 saturated carbocycles. The first-order valence-corrected chi connectivity index (χ1v) is 8.35. The minimum atomic E-state index is -0.201. The first kappa shape index (κ1) is 19.5. The summed E-state index contributed by atoms with van der Waals surface area (Å²) in [5, 5.41) is 5.74. The topological polar surface area (TPSA) is 70.7 Å². The molecule has 2 amide bonds. The van der Waals surface area contributed by atoms with Crippen molar-refractivity contribution in [1.82, 2.24) is 10.2 Å². The van der Waals surface area contributed by atoms with E-state index in [1.54, 1.807) is 24.1 Å². The Morgan fingerprint density at radius 2 is 1.88 bits per heavy atom. The molecule has 0 atom stereocenters. The van der Waals surface area contributed by atoms with Crippen molar-refractivity contribution in [2.75, 3.05) is 33.1 Å². The van der Waals surface area contributed by atoms with Gasteiger partial charge in [0.15, 0.2) is 0 Å². The second kappa shape index (κ2) is 9.01. The highest BCUT2D eigenvalue weighted by atomic mass is 16.5. The first-order valence-electron chi connectivity index (χ1n) is 8.35. The van der Waals surface area contributed by atoms with E-state index < -0.39 is 0 Å². The number of anilines is 1. The number of carbonyl (C=O) groups is 2. The van der Waals surface area contributed by atoms with Crippen LogP contribution in [-0.4, -0.2) is 44.5 Å². The summed E-state index contributed by atoms with van der Waals surface area (Å²) < 4.78 is 5.26. The third-order valence-corrected chi connectivity index (χ3v) is 3.72. The van der Waals surface area contributed by atoms with E-state index in [4.69, 9.17) is 4.74 Å². The van der Waals surface area contributed by atoms with Gasteiger partial charge in [0.2, 0.25) is 5.91 Å². The van der Waals surface area contributed by atoms with Gasteiger partial charge in [0, 0.05) is 12.2 Å². The molecule has 0 spiro atoms. The van der Waals surface area contributed by atoms with Crippen LogP contribution in [0.1, 0.15) is 21.5 Å². The Labute approximate surface area is 154 Å². The lowest BCUT2D eigenvalue weighted by atomic mass is 10.1. The van der Waals surface area contributed by atoms with Gasteiger partial charge in [-0.25, -0.2) is 0 Å². The van der Waals surface area contributed by atoms with Crippen molar-refractivity contribution in [2.45, 2.75) is 13.5 Å². The van der Waals surface area contributed by atoms with Gasteiger partial charge >= 0.3 is 0 Å². The third kappa shape index (κ3) is 5.60. The van der Waals surface area contributed by atoms with Crippen molar-refractivity contribution in [3.05, 3.63) is 59.2 Å². The molecule has 0 aromatic heterocycles. The van der Waals surface area contributed by atoms with Crippen molar-refractivity contribution in [2.24, 2.45) is 0 Å². The Morgan fingerprint density at radius 1 is 1.12 bits per heavy atom. The number of hydrogen-bond donors (Lipinski definition) is 2. The van der Waals surface area contributed by atoms with Crippen LogP contribution in [0.3, 0.4) is 0 Å². The average Bonchev–Trinajstić information content (AvgIpc) is 2.59. The minimum absolute atomic E-state index is 0.0827. The third-order valence-electron chi connectivity index (χ3n) is 3.72. The van der Waals surface area contributed by atoms with E-state index in [1.165, 1.54) is 0 Å². The molecule has 0 aliphatic carbocycles. The average molecular weight is 355 g/mol. The van der Waals surface area contributed by atoms with Crippen molar-refractivity contribution in [3.8, 4) is 5.75 Å². The fourth-order valence-electron chi connectivity index (χ4n) is 2.52. The number of hydrogen-bond acceptors (Lipinski definition) is 4. The van der Waals surface area contributed by atoms with Crippen LogP contribution < -0.4 is 15.4 Å². The van der Waals surface area contributed by atoms with Crippen LogP contribution in [0.5, 0.6) is 5.75 Å². The smallest absolute Gasteiger partial charge is 0.255 e. The SMILES string of the molecule is COc1ccc(C)cc1C(=O)NCc1cccc(NC(=O)CN(C)C)c1. The molecule has 0 radical (unpaired) electrons. The molecule has 138 valence electrons. The second-order valence-corrected chi connectivity index (χ2v) is 6.37. The molecule has 6 nitrogen and oxygen atoms in total. The molecular formula is C20H25N3O3. The molecule has 0 saturated heterocycles. The Kier molecular flexibility index (Phi) is 6.74. The fourth-order valence-corrected chi connectivity index (χ4v) is 2.52. The van der Waals surface area contributed by atoms with E-state index in [0.717, 1.165) is 11.1 Å². The molecule has 0 bridgehead atoms. The summed E-state index contributed by atoms with van der Waals surface area (Å²) in [5.74, 6) is 0.256. The van der Waals surface area contributed by atoms with Gasteiger partial charge in [-0.2, -0.15) is 0 Å². The standard InChI is InChI=1S/C20H25N3O3/c1-14-8-9-18(26-4)17(10-14)20(25)21-12-15-6-5-7-16(11-15)22-19(24)13-23(2)3/h5-11H,12-13H2,1-4H3,(H,21,25)(H,22,24). The lowest BCUT2D eigenvalue weighted by molar-refractivity contribution is -0.116. The van der Waals surface area contributed by atoms with Crippen LogP contribution >= 0.6 is 0 Å². The highest BCUT2D eigenvalue weighted by Gasteiger charge is 2.12. The van der Waals surface area contributed by atoms with Crippen molar-refractivity contribution in [3.63, 3.8) is 0 Å². The Hall–Kier alpha value is -2.86. The number of methoxy groups -OCH3 is 1. The monoisotopic (exact) mass is 355 g/mol. The van der Waals surface area contributed by atoms with Crippen LogP contribution in [0.15, 0.2) is 42.5 Å². The number of nitrogens with zero attached hydrogens (tertiary/aromatic N) is 1. The van der Waals surface area contributed by atoms with Gasteiger partial charge in [-0.1, -0.05) is 23.8 Å². The Balaban J connectivity index is 2.01. The highest BCUT2D eigenvalue weighted by Crippen LogP contribution is 2.19. The van der Waals surface area contributed by atoms with E-state index in [0.29, 0.717) is 30.1 Å². The predicted octanol–water partition coefficient (Wildman–Crippen LogP) is 2.43. The van der Waals surface area contributed by atoms with Crippen molar-refractivity contribution < 1.29 is 14.3 Å². The maximum Gasteiger partial charge on any atom is 0.255 e. The lowest BCUT2D eigenvalue weighted by Gasteiger charge is -2.12. The van der Waals surface area contributed by atoms with Gasteiger partial charge in [-0.3, -0.25) is 9.59 Å². The highest BCUT2D eigenvalue weighted by molar-refractivity contribution is 5.97. The molecular weight excluding hydrogens is 330 g/mol. The summed E-state index contributed by atoms with van der Waals surface area (Å²) in [5.41, 5.74) is 3.09. The second-order valence-electron chi connectivity index (χ2n) is 6.37. The van der Waals surface area contributed by atoms with Crippen LogP contribution in [0, 0.1) is 6.92 Å². The molecule has 6 heteroatoms. The summed E-state index contributed by atoms with van der Waals surface area (Å²) in [4.78, 5) is 26.1. The molecule has 2 rings (SSSR count). The zero-order chi connectivity index (χ0) is 19.1. The Morgan fingerprint density at radius 3 is 2.58 bits per heavy atom. The van der Waals surface area contributed by atoms with E-state index in [1.807, 2.05) is 51.4 Å². The number of rotatable bonds is 7. The van der Waals surface area contributed by atoms with Crippen LogP contribution in [0.2, 0.25) is 0 Å². The number of carbonyl (C=O) groups excluding carboxylic acids is 2. The maximum absolute atomic E-state index is 12.5. The number of ether oxygens (including phenoxy) is 1. The van der Waals surface area contributed by atoms with Gasteiger partial charge in [-0.05, 0) is 50.8 Å². The number of benzene rings is 2. The predicted molar refractivity (Wildman–Crippen MR) is 103 cm³/mol. The van der Waals surface area contributed by atoms with Crippen LogP contribution in [0.4, 0.5) is 5.69 Å². The van der Waals surface area contributed by atoms with Gasteiger partial charge < -0.3 is 20.3 Å². The van der Waals surface area contributed by atoms with E-state index in [-0.39, 0.29) is 11.8 Å². The molecule has 0 fully saturated rings. The summed E-state index contributed by atoms with van der Waals surface area (Å²) in [6.45, 7) is 2.59. The molecule has 0 aliphatic heterocycles. The molecule has 2 N–H and O–H groups in total. The summed E-state index contributed by atoms with van der Waals surface area (Å²) in [7, 11) is 5.22. The molecule has 0 aliphatic rings. The first-order chi connectivity index (χ1) is 12.4. The summed E-state index contributed by atoms with van der Waals surface area (Å²) >= 11 is 0. The number of aryl methyl sites for hydroxylation is 1. The summed E-state index contributed by atoms with van der Waals surface area (Å²) in [6, 6.07) is 12.9. The van der Waals surface area contributed by atoms with Crippen LogP contribution in [-0.2, 0) is 11.3 Å². The normalized spacial score (nSPS) is 10.5. The van der Waals surface area contributed by atoms with Crippen molar-refractivity contribution >= 4 is 17.5 Å². The molecule has 26 heavy (non-hydrogen) atoms. The lowest BCUT2D eigenvalue weighted by Crippen LogP contribution is -2.27.